The van der Waals surface area contributed by atoms with Gasteiger partial charge in [0.25, 0.3) is 5.91 Å². The fraction of sp³-hybridized carbons (Fsp3) is 0.583. The Kier molecular flexibility index (Phi) is 6.79. The van der Waals surface area contributed by atoms with Crippen LogP contribution in [0.2, 0.25) is 0 Å². The van der Waals surface area contributed by atoms with Crippen LogP contribution < -0.4 is 11.1 Å². The van der Waals surface area contributed by atoms with Crippen LogP contribution in [-0.2, 0) is 0 Å². The summed E-state index contributed by atoms with van der Waals surface area (Å²) in [5.41, 5.74) is 6.75. The summed E-state index contributed by atoms with van der Waals surface area (Å²) in [6.45, 7) is 0.561. The van der Waals surface area contributed by atoms with Gasteiger partial charge < -0.3 is 11.1 Å². The quantitative estimate of drug-likeness (QED) is 0.756. The average molecular weight is 433 g/mol. The van der Waals surface area contributed by atoms with E-state index in [1.54, 1.807) is 0 Å². The first-order valence-electron chi connectivity index (χ1n) is 6.02. The van der Waals surface area contributed by atoms with Gasteiger partial charge in [0.2, 0.25) is 0 Å². The summed E-state index contributed by atoms with van der Waals surface area (Å²) in [4.78, 5) is 12.1. The molecule has 1 aliphatic rings. The highest BCUT2D eigenvalue weighted by molar-refractivity contribution is 9.12. The zero-order valence-corrected chi connectivity index (χ0v) is 15.2. The smallest absolute Gasteiger partial charge is 0.253 e. The van der Waals surface area contributed by atoms with E-state index >= 15 is 0 Å². The Morgan fingerprint density at radius 3 is 2.53 bits per heavy atom. The molecule has 0 spiro atoms. The van der Waals surface area contributed by atoms with Crippen LogP contribution in [0.4, 0.5) is 0 Å². The van der Waals surface area contributed by atoms with Crippen LogP contribution in [-0.4, -0.2) is 18.0 Å². The lowest BCUT2D eigenvalue weighted by molar-refractivity contribution is 0.0937. The molecule has 0 radical (unpaired) electrons. The van der Waals surface area contributed by atoms with Gasteiger partial charge in [-0.3, -0.25) is 4.79 Å². The molecule has 7 heteroatoms. The Bertz CT molecular complexity index is 447. The van der Waals surface area contributed by atoms with Crippen molar-refractivity contribution in [2.75, 3.05) is 6.54 Å². The van der Waals surface area contributed by atoms with Crippen molar-refractivity contribution in [3.8, 4) is 0 Å². The van der Waals surface area contributed by atoms with Crippen LogP contribution in [0.3, 0.4) is 0 Å². The molecule has 0 saturated heterocycles. The summed E-state index contributed by atoms with van der Waals surface area (Å²) in [6.07, 6.45) is 5.60. The molecule has 19 heavy (non-hydrogen) atoms. The van der Waals surface area contributed by atoms with Gasteiger partial charge in [-0.25, -0.2) is 0 Å². The normalized spacial score (nSPS) is 17.6. The van der Waals surface area contributed by atoms with Gasteiger partial charge in [-0.05, 0) is 50.8 Å². The molecule has 2 rings (SSSR count). The van der Waals surface area contributed by atoms with Crippen molar-refractivity contribution in [2.45, 2.75) is 37.6 Å². The zero-order valence-electron chi connectivity index (χ0n) is 10.4. The second kappa shape index (κ2) is 7.41. The van der Waals surface area contributed by atoms with E-state index in [1.165, 1.54) is 30.6 Å². The highest BCUT2D eigenvalue weighted by atomic mass is 79.9. The number of hydrogen-bond donors (Lipinski definition) is 2. The second-order valence-electron chi connectivity index (χ2n) is 4.84. The fourth-order valence-electron chi connectivity index (χ4n) is 2.28. The molecule has 0 bridgehead atoms. The molecule has 0 atom stereocenters. The molecule has 1 aliphatic carbocycles. The first-order valence-corrected chi connectivity index (χ1v) is 8.42. The predicted octanol–water partition coefficient (Wildman–Crippen LogP) is 4.09. The molecule has 1 aromatic rings. The van der Waals surface area contributed by atoms with Gasteiger partial charge in [-0.15, -0.1) is 23.7 Å². The molecule has 1 amide bonds. The molecule has 0 aromatic carbocycles. The Balaban J connectivity index is 0.00000180. The maximum Gasteiger partial charge on any atom is 0.253 e. The van der Waals surface area contributed by atoms with Crippen molar-refractivity contribution in [3.63, 3.8) is 0 Å². The number of carbonyl (C=O) groups is 1. The van der Waals surface area contributed by atoms with E-state index in [2.05, 4.69) is 37.2 Å². The molecule has 1 aromatic heterocycles. The molecule has 0 unspecified atom stereocenters. The Labute approximate surface area is 140 Å². The van der Waals surface area contributed by atoms with Crippen molar-refractivity contribution in [2.24, 2.45) is 5.73 Å². The minimum Gasteiger partial charge on any atom is -0.350 e. The minimum atomic E-state index is -0.215. The lowest BCUT2D eigenvalue weighted by atomic mass is 9.82. The van der Waals surface area contributed by atoms with E-state index in [9.17, 15) is 4.79 Å². The molecular weight excluding hydrogens is 415 g/mol. The SMILES string of the molecule is Cl.NC1(CNC(=O)c2cc(Br)sc2Br)CCCCC1. The van der Waals surface area contributed by atoms with E-state index in [-0.39, 0.29) is 23.9 Å². The summed E-state index contributed by atoms with van der Waals surface area (Å²) < 4.78 is 1.79. The molecule has 1 heterocycles. The average Bonchev–Trinajstić information content (AvgIpc) is 2.67. The number of nitrogens with one attached hydrogen (secondary N) is 1. The molecule has 1 fully saturated rings. The van der Waals surface area contributed by atoms with Gasteiger partial charge in [-0.1, -0.05) is 19.3 Å². The van der Waals surface area contributed by atoms with Crippen LogP contribution in [0.15, 0.2) is 13.6 Å². The molecular formula is C12H17Br2ClN2OS. The van der Waals surface area contributed by atoms with Crippen LogP contribution in [0.1, 0.15) is 42.5 Å². The number of carbonyl (C=O) groups excluding carboxylic acids is 1. The molecule has 108 valence electrons. The maximum atomic E-state index is 12.1. The van der Waals surface area contributed by atoms with E-state index in [0.717, 1.165) is 20.4 Å². The number of nitrogens with two attached hydrogens (primary N) is 1. The second-order valence-corrected chi connectivity index (χ2v) is 8.59. The van der Waals surface area contributed by atoms with E-state index < -0.39 is 0 Å². The van der Waals surface area contributed by atoms with E-state index in [0.29, 0.717) is 12.1 Å². The highest BCUT2D eigenvalue weighted by Gasteiger charge is 2.28. The summed E-state index contributed by atoms with van der Waals surface area (Å²) in [5, 5.41) is 2.96. The third-order valence-corrected chi connectivity index (χ3v) is 5.69. The largest absolute Gasteiger partial charge is 0.350 e. The number of hydrogen-bond acceptors (Lipinski definition) is 3. The van der Waals surface area contributed by atoms with Crippen molar-refractivity contribution in [1.29, 1.82) is 0 Å². The maximum absolute atomic E-state index is 12.1. The van der Waals surface area contributed by atoms with Gasteiger partial charge in [0.05, 0.1) is 13.1 Å². The van der Waals surface area contributed by atoms with E-state index in [4.69, 9.17) is 5.73 Å². The molecule has 3 N–H and O–H groups in total. The first-order chi connectivity index (χ1) is 8.50. The summed E-state index contributed by atoms with van der Waals surface area (Å²) in [5.74, 6) is -0.0563. The highest BCUT2D eigenvalue weighted by Crippen LogP contribution is 2.32. The summed E-state index contributed by atoms with van der Waals surface area (Å²) in [6, 6.07) is 1.83. The fourth-order valence-corrected chi connectivity index (χ4v) is 5.07. The van der Waals surface area contributed by atoms with Gasteiger partial charge in [0.1, 0.15) is 0 Å². The molecule has 3 nitrogen and oxygen atoms in total. The van der Waals surface area contributed by atoms with Gasteiger partial charge in [0.15, 0.2) is 0 Å². The predicted molar refractivity (Wildman–Crippen MR) is 89.3 cm³/mol. The van der Waals surface area contributed by atoms with Crippen molar-refractivity contribution in [1.82, 2.24) is 5.32 Å². The van der Waals surface area contributed by atoms with Gasteiger partial charge >= 0.3 is 0 Å². The number of halogens is 3. The van der Waals surface area contributed by atoms with Crippen molar-refractivity contribution < 1.29 is 4.79 Å². The zero-order chi connectivity index (χ0) is 13.2. The minimum absolute atomic E-state index is 0. The first kappa shape index (κ1) is 17.4. The summed E-state index contributed by atoms with van der Waals surface area (Å²) in [7, 11) is 0. The number of thiophene rings is 1. The standard InChI is InChI=1S/C12H16Br2N2OS.ClH/c13-9-6-8(10(14)18-9)11(17)16-7-12(15)4-2-1-3-5-12;/h6H,1-5,7,15H2,(H,16,17);1H. The number of rotatable bonds is 3. The third kappa shape index (κ3) is 4.70. The van der Waals surface area contributed by atoms with Gasteiger partial charge in [0, 0.05) is 12.1 Å². The lowest BCUT2D eigenvalue weighted by Gasteiger charge is -2.33. The third-order valence-electron chi connectivity index (χ3n) is 3.35. The van der Waals surface area contributed by atoms with Crippen LogP contribution >= 0.6 is 55.6 Å². The summed E-state index contributed by atoms with van der Waals surface area (Å²) >= 11 is 8.27. The Hall–Kier alpha value is 0.380. The lowest BCUT2D eigenvalue weighted by Crippen LogP contribution is -2.51. The Morgan fingerprint density at radius 2 is 2.00 bits per heavy atom. The molecule has 0 aliphatic heterocycles. The monoisotopic (exact) mass is 430 g/mol. The Morgan fingerprint density at radius 1 is 1.37 bits per heavy atom. The van der Waals surface area contributed by atoms with Crippen LogP contribution in [0.5, 0.6) is 0 Å². The molecule has 1 saturated carbocycles. The van der Waals surface area contributed by atoms with Crippen molar-refractivity contribution >= 4 is 61.5 Å². The topological polar surface area (TPSA) is 55.1 Å². The van der Waals surface area contributed by atoms with Crippen LogP contribution in [0.25, 0.3) is 0 Å². The van der Waals surface area contributed by atoms with E-state index in [1.807, 2.05) is 6.07 Å². The van der Waals surface area contributed by atoms with Crippen LogP contribution in [0, 0.1) is 0 Å². The number of amides is 1. The van der Waals surface area contributed by atoms with Crippen molar-refractivity contribution in [3.05, 3.63) is 19.2 Å². The van der Waals surface area contributed by atoms with Gasteiger partial charge in [-0.2, -0.15) is 0 Å².